The van der Waals surface area contributed by atoms with E-state index in [0.29, 0.717) is 12.1 Å². The minimum atomic E-state index is -0.149. The Balaban J connectivity index is 1.82. The Hall–Kier alpha value is -0.120. The number of likely N-dealkylation sites (tertiary alicyclic amines) is 1. The lowest BCUT2D eigenvalue weighted by Crippen LogP contribution is -2.41. The summed E-state index contributed by atoms with van der Waals surface area (Å²) < 4.78 is 5.47. The molecule has 0 saturated carbocycles. The highest BCUT2D eigenvalue weighted by Gasteiger charge is 2.39. The molecule has 0 aromatic rings. The quantitative estimate of drug-likeness (QED) is 0.660. The van der Waals surface area contributed by atoms with Gasteiger partial charge in [-0.3, -0.25) is 4.90 Å². The third-order valence-electron chi connectivity index (χ3n) is 2.93. The van der Waals surface area contributed by atoms with Gasteiger partial charge >= 0.3 is 0 Å². The van der Waals surface area contributed by atoms with E-state index in [2.05, 4.69) is 4.90 Å². The van der Waals surface area contributed by atoms with Crippen molar-refractivity contribution in [1.29, 1.82) is 0 Å². The molecule has 0 radical (unpaired) electrons. The molecule has 2 unspecified atom stereocenters. The van der Waals surface area contributed by atoms with Crippen molar-refractivity contribution < 1.29 is 9.84 Å². The highest BCUT2D eigenvalue weighted by molar-refractivity contribution is 4.91. The first-order valence-corrected chi connectivity index (χ1v) is 4.83. The van der Waals surface area contributed by atoms with E-state index in [4.69, 9.17) is 4.74 Å². The highest BCUT2D eigenvalue weighted by atomic mass is 16.5. The summed E-state index contributed by atoms with van der Waals surface area (Å²) in [6.07, 6.45) is 2.34. The summed E-state index contributed by atoms with van der Waals surface area (Å²) in [5, 5.41) is 9.46. The number of ether oxygens (including phenoxy) is 1. The van der Waals surface area contributed by atoms with Crippen molar-refractivity contribution in [2.24, 2.45) is 0 Å². The maximum absolute atomic E-state index is 9.46. The van der Waals surface area contributed by atoms with E-state index in [9.17, 15) is 5.11 Å². The maximum Gasteiger partial charge on any atom is 0.0718 e. The topological polar surface area (TPSA) is 32.7 Å². The second-order valence-electron chi connectivity index (χ2n) is 3.86. The zero-order valence-corrected chi connectivity index (χ0v) is 7.57. The van der Waals surface area contributed by atoms with Crippen molar-refractivity contribution in [1.82, 2.24) is 4.90 Å². The summed E-state index contributed by atoms with van der Waals surface area (Å²) >= 11 is 0. The molecule has 2 bridgehead atoms. The Labute approximate surface area is 73.3 Å². The third kappa shape index (κ3) is 1.49. The van der Waals surface area contributed by atoms with Crippen LogP contribution in [-0.4, -0.2) is 48.0 Å². The lowest BCUT2D eigenvalue weighted by Gasteiger charge is -2.28. The van der Waals surface area contributed by atoms with Crippen molar-refractivity contribution in [3.63, 3.8) is 0 Å². The van der Waals surface area contributed by atoms with Gasteiger partial charge in [0, 0.05) is 19.1 Å². The van der Waals surface area contributed by atoms with E-state index < -0.39 is 0 Å². The molecular weight excluding hydrogens is 154 g/mol. The van der Waals surface area contributed by atoms with Crippen LogP contribution < -0.4 is 0 Å². The minimum Gasteiger partial charge on any atom is -0.392 e. The molecule has 0 spiro atoms. The molecule has 3 heteroatoms. The van der Waals surface area contributed by atoms with E-state index in [1.54, 1.807) is 0 Å². The van der Waals surface area contributed by atoms with Crippen molar-refractivity contribution in [3.8, 4) is 0 Å². The van der Waals surface area contributed by atoms with Gasteiger partial charge in [0.25, 0.3) is 0 Å². The Morgan fingerprint density at radius 2 is 2.50 bits per heavy atom. The third-order valence-corrected chi connectivity index (χ3v) is 2.93. The summed E-state index contributed by atoms with van der Waals surface area (Å²) in [7, 11) is 0. The molecule has 70 valence electrons. The maximum atomic E-state index is 9.46. The zero-order valence-electron chi connectivity index (χ0n) is 7.57. The average molecular weight is 171 g/mol. The summed E-state index contributed by atoms with van der Waals surface area (Å²) in [5.41, 5.74) is 0. The Morgan fingerprint density at radius 1 is 1.67 bits per heavy atom. The smallest absolute Gasteiger partial charge is 0.0718 e. The van der Waals surface area contributed by atoms with Crippen LogP contribution in [-0.2, 0) is 4.74 Å². The van der Waals surface area contributed by atoms with E-state index in [0.717, 1.165) is 26.1 Å². The van der Waals surface area contributed by atoms with E-state index in [-0.39, 0.29) is 6.10 Å². The number of aliphatic hydroxyl groups is 1. The Morgan fingerprint density at radius 3 is 3.00 bits per heavy atom. The van der Waals surface area contributed by atoms with Gasteiger partial charge in [-0.15, -0.1) is 0 Å². The van der Waals surface area contributed by atoms with Crippen LogP contribution in [0.3, 0.4) is 0 Å². The molecule has 2 rings (SSSR count). The van der Waals surface area contributed by atoms with Gasteiger partial charge < -0.3 is 9.84 Å². The molecule has 2 aliphatic rings. The molecule has 0 amide bonds. The second kappa shape index (κ2) is 3.32. The fraction of sp³-hybridized carbons (Fsp3) is 1.00. The van der Waals surface area contributed by atoms with Gasteiger partial charge in [-0.05, 0) is 12.8 Å². The van der Waals surface area contributed by atoms with Crippen LogP contribution in [0.1, 0.15) is 19.8 Å². The number of hydrogen-bond acceptors (Lipinski definition) is 3. The van der Waals surface area contributed by atoms with E-state index in [1.807, 2.05) is 6.92 Å². The standard InChI is InChI=1S/C9H17NO2/c1-2-8(11)4-10-5-9-3-7(10)6-12-9/h7-9,11H,2-6H2,1H3/t7?,8-,9?/m1/s1. The first-order chi connectivity index (χ1) is 5.79. The van der Waals surface area contributed by atoms with Gasteiger partial charge in [-0.1, -0.05) is 6.92 Å². The van der Waals surface area contributed by atoms with Crippen molar-refractivity contribution in [3.05, 3.63) is 0 Å². The molecule has 12 heavy (non-hydrogen) atoms. The summed E-state index contributed by atoms with van der Waals surface area (Å²) in [5.74, 6) is 0. The number of fused-ring (bicyclic) bond motifs is 2. The summed E-state index contributed by atoms with van der Waals surface area (Å²) in [4.78, 5) is 2.36. The molecule has 2 fully saturated rings. The number of rotatable bonds is 3. The average Bonchev–Trinajstić information content (AvgIpc) is 2.64. The number of nitrogens with zero attached hydrogens (tertiary/aromatic N) is 1. The van der Waals surface area contributed by atoms with Gasteiger partial charge in [0.05, 0.1) is 18.8 Å². The van der Waals surface area contributed by atoms with Gasteiger partial charge in [0.2, 0.25) is 0 Å². The molecule has 0 aromatic heterocycles. The number of β-amino-alcohol motifs (C(OH)–C–C–N with tert-alkyl or cyclic N) is 1. The molecule has 3 atom stereocenters. The monoisotopic (exact) mass is 171 g/mol. The molecule has 3 nitrogen and oxygen atoms in total. The highest BCUT2D eigenvalue weighted by Crippen LogP contribution is 2.27. The zero-order chi connectivity index (χ0) is 8.55. The lowest BCUT2D eigenvalue weighted by atomic mass is 10.2. The van der Waals surface area contributed by atoms with Gasteiger partial charge in [0.1, 0.15) is 0 Å². The summed E-state index contributed by atoms with van der Waals surface area (Å²) in [6.45, 7) is 4.76. The minimum absolute atomic E-state index is 0.149. The van der Waals surface area contributed by atoms with Crippen LogP contribution >= 0.6 is 0 Å². The van der Waals surface area contributed by atoms with Crippen molar-refractivity contribution >= 4 is 0 Å². The van der Waals surface area contributed by atoms with Crippen LogP contribution in [0.4, 0.5) is 0 Å². The van der Waals surface area contributed by atoms with Crippen LogP contribution in [0.15, 0.2) is 0 Å². The largest absolute Gasteiger partial charge is 0.392 e. The summed E-state index contributed by atoms with van der Waals surface area (Å²) in [6, 6.07) is 0.594. The molecule has 0 aliphatic carbocycles. The molecular formula is C9H17NO2. The number of hydrogen-bond donors (Lipinski definition) is 1. The van der Waals surface area contributed by atoms with E-state index in [1.165, 1.54) is 6.42 Å². The van der Waals surface area contributed by atoms with Gasteiger partial charge in [-0.25, -0.2) is 0 Å². The van der Waals surface area contributed by atoms with Crippen LogP contribution in [0.5, 0.6) is 0 Å². The van der Waals surface area contributed by atoms with Crippen molar-refractivity contribution in [2.45, 2.75) is 38.0 Å². The first kappa shape index (κ1) is 8.48. The van der Waals surface area contributed by atoms with E-state index >= 15 is 0 Å². The Kier molecular flexibility index (Phi) is 2.35. The number of aliphatic hydroxyl groups excluding tert-OH is 1. The molecule has 1 N–H and O–H groups in total. The van der Waals surface area contributed by atoms with Crippen molar-refractivity contribution in [2.75, 3.05) is 19.7 Å². The lowest BCUT2D eigenvalue weighted by molar-refractivity contribution is 0.00963. The SMILES string of the molecule is CC[C@@H](O)CN1CC2CC1CO2. The second-order valence-corrected chi connectivity index (χ2v) is 3.86. The van der Waals surface area contributed by atoms with Crippen LogP contribution in [0.25, 0.3) is 0 Å². The first-order valence-electron chi connectivity index (χ1n) is 4.83. The Bertz CT molecular complexity index is 163. The normalized spacial score (nSPS) is 37.5. The predicted molar refractivity (Wildman–Crippen MR) is 46.0 cm³/mol. The number of morpholine rings is 1. The molecule has 2 aliphatic heterocycles. The fourth-order valence-corrected chi connectivity index (χ4v) is 2.10. The van der Waals surface area contributed by atoms with Gasteiger partial charge in [0.15, 0.2) is 0 Å². The molecule has 0 aromatic carbocycles. The van der Waals surface area contributed by atoms with Gasteiger partial charge in [-0.2, -0.15) is 0 Å². The molecule has 2 heterocycles. The predicted octanol–water partition coefficient (Wildman–Crippen LogP) is 0.230. The molecule has 2 saturated heterocycles. The van der Waals surface area contributed by atoms with Crippen LogP contribution in [0, 0.1) is 0 Å². The van der Waals surface area contributed by atoms with Crippen LogP contribution in [0.2, 0.25) is 0 Å². The fourth-order valence-electron chi connectivity index (χ4n) is 2.10.